The molecule has 6 nitrogen and oxygen atoms in total. The molecular weight excluding hydrogens is 449 g/mol. The predicted molar refractivity (Wildman–Crippen MR) is 129 cm³/mol. The zero-order valence-electron chi connectivity index (χ0n) is 19.1. The molecule has 1 aromatic carbocycles. The number of hydrogen-bond donors (Lipinski definition) is 1. The summed E-state index contributed by atoms with van der Waals surface area (Å²) in [4.78, 5) is 29.5. The van der Waals surface area contributed by atoms with Crippen LogP contribution in [0, 0.1) is 0 Å². The Hall–Kier alpha value is -2.02. The average molecular weight is 482 g/mol. The Labute approximate surface area is 200 Å². The highest BCUT2D eigenvalue weighted by Gasteiger charge is 2.20. The Morgan fingerprint density at radius 3 is 2.47 bits per heavy atom. The summed E-state index contributed by atoms with van der Waals surface area (Å²) in [6, 6.07) is 8.41. The molecule has 0 fully saturated rings. The van der Waals surface area contributed by atoms with E-state index in [1.807, 2.05) is 6.92 Å². The third-order valence-electron chi connectivity index (χ3n) is 5.40. The monoisotopic (exact) mass is 481 g/mol. The summed E-state index contributed by atoms with van der Waals surface area (Å²) < 4.78 is 5.40. The molecule has 1 N–H and O–H groups in total. The molecule has 0 spiro atoms. The van der Waals surface area contributed by atoms with E-state index in [4.69, 9.17) is 27.6 Å². The molecule has 32 heavy (non-hydrogen) atoms. The Bertz CT molecular complexity index is 854. The maximum absolute atomic E-state index is 13.1. The molecule has 176 valence electrons. The summed E-state index contributed by atoms with van der Waals surface area (Å²) in [5.41, 5.74) is 0.413. The number of rotatable bonds is 13. The van der Waals surface area contributed by atoms with E-state index in [-0.39, 0.29) is 37.4 Å². The van der Waals surface area contributed by atoms with Gasteiger partial charge in [0.2, 0.25) is 5.91 Å². The third-order valence-corrected chi connectivity index (χ3v) is 6.14. The number of nitrogens with zero attached hydrogens (tertiary/aromatic N) is 2. The van der Waals surface area contributed by atoms with Crippen LogP contribution in [0.2, 0.25) is 10.0 Å². The van der Waals surface area contributed by atoms with Gasteiger partial charge in [-0.3, -0.25) is 9.59 Å². The van der Waals surface area contributed by atoms with Crippen molar-refractivity contribution in [2.45, 2.75) is 52.6 Å². The van der Waals surface area contributed by atoms with Gasteiger partial charge in [0, 0.05) is 24.6 Å². The summed E-state index contributed by atoms with van der Waals surface area (Å²) in [5.74, 6) is 0.329. The normalized spacial score (nSPS) is 12.1. The van der Waals surface area contributed by atoms with Gasteiger partial charge in [0.05, 0.1) is 22.9 Å². The highest BCUT2D eigenvalue weighted by atomic mass is 35.5. The zero-order chi connectivity index (χ0) is 23.5. The van der Waals surface area contributed by atoms with Gasteiger partial charge in [-0.05, 0) is 69.7 Å². The summed E-state index contributed by atoms with van der Waals surface area (Å²) in [5, 5.41) is 3.74. The van der Waals surface area contributed by atoms with Gasteiger partial charge in [0.25, 0.3) is 5.91 Å². The lowest BCUT2D eigenvalue weighted by atomic mass is 10.1. The molecule has 1 heterocycles. The topological polar surface area (TPSA) is 65.8 Å². The summed E-state index contributed by atoms with van der Waals surface area (Å²) in [6.45, 7) is 9.95. The van der Waals surface area contributed by atoms with Gasteiger partial charge < -0.3 is 19.5 Å². The Kier molecular flexibility index (Phi) is 11.1. The minimum absolute atomic E-state index is 0.0771. The first-order valence-electron chi connectivity index (χ1n) is 11.1. The van der Waals surface area contributed by atoms with Crippen molar-refractivity contribution >= 4 is 35.0 Å². The van der Waals surface area contributed by atoms with E-state index in [9.17, 15) is 9.59 Å². The van der Waals surface area contributed by atoms with Gasteiger partial charge in [-0.2, -0.15) is 0 Å². The number of furan rings is 1. The molecule has 2 rings (SSSR count). The molecule has 2 aromatic rings. The minimum Gasteiger partial charge on any atom is -0.467 e. The van der Waals surface area contributed by atoms with Crippen molar-refractivity contribution in [2.24, 2.45) is 0 Å². The molecular formula is C24H33Cl2N3O3. The first kappa shape index (κ1) is 26.2. The smallest absolute Gasteiger partial charge is 0.254 e. The van der Waals surface area contributed by atoms with Gasteiger partial charge in [-0.25, -0.2) is 0 Å². The molecule has 0 aliphatic carbocycles. The Balaban J connectivity index is 1.92. The van der Waals surface area contributed by atoms with Crippen LogP contribution < -0.4 is 5.32 Å². The number of benzene rings is 1. The number of nitrogens with one attached hydrogen (secondary N) is 1. The lowest BCUT2D eigenvalue weighted by Gasteiger charge is -2.23. The molecule has 1 unspecified atom stereocenters. The van der Waals surface area contributed by atoms with Crippen LogP contribution in [0.25, 0.3) is 0 Å². The highest BCUT2D eigenvalue weighted by Crippen LogP contribution is 2.23. The molecule has 0 aliphatic rings. The van der Waals surface area contributed by atoms with E-state index in [0.29, 0.717) is 21.4 Å². The fourth-order valence-corrected chi connectivity index (χ4v) is 3.77. The molecule has 8 heteroatoms. The quantitative estimate of drug-likeness (QED) is 0.424. The van der Waals surface area contributed by atoms with Crippen LogP contribution >= 0.6 is 23.2 Å². The zero-order valence-corrected chi connectivity index (χ0v) is 20.6. The van der Waals surface area contributed by atoms with Crippen molar-refractivity contribution in [3.63, 3.8) is 0 Å². The van der Waals surface area contributed by atoms with E-state index in [1.54, 1.807) is 41.5 Å². The van der Waals surface area contributed by atoms with Gasteiger partial charge in [0.1, 0.15) is 5.76 Å². The third kappa shape index (κ3) is 8.49. The summed E-state index contributed by atoms with van der Waals surface area (Å²) >= 11 is 12.1. The summed E-state index contributed by atoms with van der Waals surface area (Å²) in [7, 11) is 0. The minimum atomic E-state index is -0.236. The Morgan fingerprint density at radius 1 is 1.09 bits per heavy atom. The molecule has 0 bridgehead atoms. The number of hydrogen-bond acceptors (Lipinski definition) is 4. The first-order chi connectivity index (χ1) is 15.3. The van der Waals surface area contributed by atoms with E-state index < -0.39 is 0 Å². The average Bonchev–Trinajstić information content (AvgIpc) is 3.28. The van der Waals surface area contributed by atoms with Gasteiger partial charge in [0.15, 0.2) is 0 Å². The number of amides is 2. The molecule has 2 amide bonds. The van der Waals surface area contributed by atoms with Crippen molar-refractivity contribution in [1.29, 1.82) is 0 Å². The fourth-order valence-electron chi connectivity index (χ4n) is 3.47. The lowest BCUT2D eigenvalue weighted by Crippen LogP contribution is -2.38. The highest BCUT2D eigenvalue weighted by molar-refractivity contribution is 6.42. The molecule has 0 saturated heterocycles. The molecule has 0 aliphatic heterocycles. The Morgan fingerprint density at radius 2 is 1.84 bits per heavy atom. The van der Waals surface area contributed by atoms with Gasteiger partial charge in [-0.15, -0.1) is 0 Å². The summed E-state index contributed by atoms with van der Waals surface area (Å²) in [6.07, 6.45) is 3.71. The van der Waals surface area contributed by atoms with Crippen molar-refractivity contribution in [3.05, 3.63) is 58.0 Å². The molecule has 0 saturated carbocycles. The van der Waals surface area contributed by atoms with Crippen LogP contribution in [0.5, 0.6) is 0 Å². The maximum atomic E-state index is 13.1. The van der Waals surface area contributed by atoms with E-state index >= 15 is 0 Å². The van der Waals surface area contributed by atoms with Crippen molar-refractivity contribution < 1.29 is 14.0 Å². The second kappa shape index (κ2) is 13.5. The second-order valence-corrected chi connectivity index (χ2v) is 8.64. The van der Waals surface area contributed by atoms with E-state index in [1.165, 1.54) is 0 Å². The van der Waals surface area contributed by atoms with E-state index in [2.05, 4.69) is 24.1 Å². The number of carbonyl (C=O) groups excluding carboxylic acids is 2. The maximum Gasteiger partial charge on any atom is 0.254 e. The van der Waals surface area contributed by atoms with Crippen LogP contribution in [0.15, 0.2) is 41.0 Å². The number of halogens is 2. The predicted octanol–water partition coefficient (Wildman–Crippen LogP) is 5.25. The van der Waals surface area contributed by atoms with Crippen molar-refractivity contribution in [2.75, 3.05) is 26.2 Å². The van der Waals surface area contributed by atoms with Crippen molar-refractivity contribution in [1.82, 2.24) is 15.1 Å². The molecule has 1 atom stereocenters. The van der Waals surface area contributed by atoms with Crippen LogP contribution in [0.3, 0.4) is 0 Å². The van der Waals surface area contributed by atoms with E-state index in [0.717, 1.165) is 32.5 Å². The van der Waals surface area contributed by atoms with Crippen LogP contribution in [0.4, 0.5) is 0 Å². The standard InChI is InChI=1S/C24H33Cl2N3O3/c1-4-28(5-2)13-6-8-18(3)27-23(30)12-14-29(17-20-9-7-15-32-20)24(31)19-10-11-21(25)22(26)16-19/h7,9-11,15-16,18H,4-6,8,12-14,17H2,1-3H3,(H,27,30). The second-order valence-electron chi connectivity index (χ2n) is 7.82. The van der Waals surface area contributed by atoms with Gasteiger partial charge >= 0.3 is 0 Å². The molecule has 0 radical (unpaired) electrons. The molecule has 1 aromatic heterocycles. The lowest BCUT2D eigenvalue weighted by molar-refractivity contribution is -0.122. The van der Waals surface area contributed by atoms with Gasteiger partial charge in [-0.1, -0.05) is 37.0 Å². The van der Waals surface area contributed by atoms with Crippen molar-refractivity contribution in [3.8, 4) is 0 Å². The number of carbonyl (C=O) groups is 2. The SMILES string of the molecule is CCN(CC)CCCC(C)NC(=O)CCN(Cc1ccco1)C(=O)c1ccc(Cl)c(Cl)c1. The van der Waals surface area contributed by atoms with Crippen LogP contribution in [-0.4, -0.2) is 53.8 Å². The van der Waals surface area contributed by atoms with Crippen LogP contribution in [-0.2, 0) is 11.3 Å². The van der Waals surface area contributed by atoms with Crippen LogP contribution in [0.1, 0.15) is 56.2 Å². The first-order valence-corrected chi connectivity index (χ1v) is 11.9. The largest absolute Gasteiger partial charge is 0.467 e. The fraction of sp³-hybridized carbons (Fsp3) is 0.500.